The van der Waals surface area contributed by atoms with Gasteiger partial charge in [-0.2, -0.15) is 15.3 Å². The summed E-state index contributed by atoms with van der Waals surface area (Å²) in [6, 6.07) is 3.93. The van der Waals surface area contributed by atoms with Gasteiger partial charge in [-0.3, -0.25) is 14.4 Å². The number of amides is 1. The second kappa shape index (κ2) is 8.33. The molecule has 0 bridgehead atoms. The minimum Gasteiger partial charge on any atom is -0.321 e. The van der Waals surface area contributed by atoms with Crippen molar-refractivity contribution in [2.24, 2.45) is 11.3 Å². The number of hydrogen-bond acceptors (Lipinski definition) is 8. The molecule has 10 nitrogen and oxygen atoms in total. The maximum Gasteiger partial charge on any atom is 0.248 e. The first-order chi connectivity index (χ1) is 14.5. The number of rotatable bonds is 7. The Hall–Kier alpha value is -2.71. The van der Waals surface area contributed by atoms with Gasteiger partial charge in [0.2, 0.25) is 11.9 Å². The number of carbonyl (C=O) groups is 1. The number of hydrogen-bond donors (Lipinski definition) is 1. The van der Waals surface area contributed by atoms with Crippen LogP contribution in [0, 0.1) is 22.7 Å². The molecule has 172 valence electrons. The first-order valence-electron chi connectivity index (χ1n) is 10.1. The summed E-state index contributed by atoms with van der Waals surface area (Å²) in [5.74, 6) is 0.649. The third-order valence-corrected chi connectivity index (χ3v) is 7.05. The third kappa shape index (κ3) is 4.56. The number of nitrogens with zero attached hydrogens (tertiary/aromatic N) is 6. The van der Waals surface area contributed by atoms with Crippen molar-refractivity contribution in [2.45, 2.75) is 38.6 Å². The summed E-state index contributed by atoms with van der Waals surface area (Å²) >= 11 is 0. The fraction of sp³-hybridized carbons (Fsp3) is 0.550. The van der Waals surface area contributed by atoms with Crippen molar-refractivity contribution >= 4 is 45.6 Å². The van der Waals surface area contributed by atoms with Gasteiger partial charge in [0.25, 0.3) is 0 Å². The van der Waals surface area contributed by atoms with Crippen molar-refractivity contribution in [1.29, 1.82) is 5.26 Å². The first kappa shape index (κ1) is 23.9. The van der Waals surface area contributed by atoms with E-state index in [-0.39, 0.29) is 35.9 Å². The predicted octanol–water partition coefficient (Wildman–Crippen LogP) is 2.27. The second-order valence-corrected chi connectivity index (χ2v) is 11.1. The maximum atomic E-state index is 13.0. The molecule has 32 heavy (non-hydrogen) atoms. The van der Waals surface area contributed by atoms with Crippen LogP contribution in [-0.4, -0.2) is 52.6 Å². The van der Waals surface area contributed by atoms with Gasteiger partial charge in [-0.05, 0) is 45.1 Å². The fourth-order valence-corrected chi connectivity index (χ4v) is 5.64. The lowest BCUT2D eigenvalue weighted by molar-refractivity contribution is -0.123. The van der Waals surface area contributed by atoms with Crippen LogP contribution in [0.15, 0.2) is 24.7 Å². The van der Waals surface area contributed by atoms with E-state index >= 15 is 0 Å². The third-order valence-electron chi connectivity index (χ3n) is 5.82. The molecular weight excluding hydrogens is 454 g/mol. The van der Waals surface area contributed by atoms with E-state index in [0.29, 0.717) is 24.5 Å². The highest BCUT2D eigenvalue weighted by atomic mass is 35.5. The quantitative estimate of drug-likeness (QED) is 0.639. The highest BCUT2D eigenvalue weighted by molar-refractivity contribution is 7.90. The van der Waals surface area contributed by atoms with Crippen LogP contribution in [0.4, 0.5) is 17.5 Å². The van der Waals surface area contributed by atoms with Crippen LogP contribution in [0.25, 0.3) is 0 Å². The number of carbonyl (C=O) groups excluding carboxylic acids is 1. The Morgan fingerprint density at radius 1 is 1.38 bits per heavy atom. The van der Waals surface area contributed by atoms with Crippen molar-refractivity contribution in [3.63, 3.8) is 0 Å². The molecule has 1 amide bonds. The molecule has 1 saturated heterocycles. The number of aromatic nitrogens is 4. The Labute approximate surface area is 193 Å². The largest absolute Gasteiger partial charge is 0.321 e. The molecule has 4 rings (SSSR count). The average molecular weight is 480 g/mol. The SMILES string of the molecule is CC(C)(CS(C)(=O)=O)n1cc(Nc2nccc(N3CC[C@@](C#N)(C4CC4)C3=O)n2)cn1.Cl. The Bertz CT molecular complexity index is 1170. The molecular formula is C20H26ClN7O3S. The standard InChI is InChI=1S/C20H25N7O3S.ClH/c1-19(2,13-31(3,29)30)27-11-15(10-23-27)24-18-22-8-6-16(25-18)26-9-7-20(12-21,17(26)28)14-4-5-14;/h6,8,10-11,14H,4-5,7,9,13H2,1-3H3,(H,22,24,25);1H/t20-;/m1./s1. The van der Waals surface area contributed by atoms with Crippen molar-refractivity contribution in [3.8, 4) is 6.07 Å². The molecule has 0 spiro atoms. The lowest BCUT2D eigenvalue weighted by Crippen LogP contribution is -2.35. The van der Waals surface area contributed by atoms with Crippen LogP contribution in [0.1, 0.15) is 33.1 Å². The molecule has 3 heterocycles. The summed E-state index contributed by atoms with van der Waals surface area (Å²) < 4.78 is 25.0. The van der Waals surface area contributed by atoms with E-state index in [2.05, 4.69) is 26.5 Å². The fourth-order valence-electron chi connectivity index (χ4n) is 4.22. The predicted molar refractivity (Wildman–Crippen MR) is 122 cm³/mol. The summed E-state index contributed by atoms with van der Waals surface area (Å²) in [5.41, 5.74) is -1.05. The number of anilines is 3. The van der Waals surface area contributed by atoms with Gasteiger partial charge in [0.1, 0.15) is 21.1 Å². The van der Waals surface area contributed by atoms with E-state index in [1.165, 1.54) is 6.26 Å². The van der Waals surface area contributed by atoms with Gasteiger partial charge in [0, 0.05) is 25.2 Å². The number of halogens is 1. The van der Waals surface area contributed by atoms with Crippen molar-refractivity contribution in [1.82, 2.24) is 19.7 Å². The van der Waals surface area contributed by atoms with Gasteiger partial charge in [-0.25, -0.2) is 13.4 Å². The van der Waals surface area contributed by atoms with Gasteiger partial charge in [-0.1, -0.05) is 0 Å². The second-order valence-electron chi connectivity index (χ2n) is 8.98. The van der Waals surface area contributed by atoms with Crippen LogP contribution in [0.3, 0.4) is 0 Å². The summed E-state index contributed by atoms with van der Waals surface area (Å²) in [5, 5.41) is 17.0. The molecule has 0 unspecified atom stereocenters. The molecule has 1 aliphatic heterocycles. The Morgan fingerprint density at radius 3 is 2.72 bits per heavy atom. The molecule has 1 aliphatic carbocycles. The van der Waals surface area contributed by atoms with Gasteiger partial charge >= 0.3 is 0 Å². The van der Waals surface area contributed by atoms with Gasteiger partial charge in [-0.15, -0.1) is 12.4 Å². The molecule has 2 fully saturated rings. The van der Waals surface area contributed by atoms with E-state index in [1.807, 2.05) is 0 Å². The minimum atomic E-state index is -3.18. The summed E-state index contributed by atoms with van der Waals surface area (Å²) in [7, 11) is -3.18. The average Bonchev–Trinajstić information content (AvgIpc) is 3.32. The number of nitrogens with one attached hydrogen (secondary N) is 1. The smallest absolute Gasteiger partial charge is 0.248 e. The van der Waals surface area contributed by atoms with Crippen LogP contribution in [0.5, 0.6) is 0 Å². The zero-order chi connectivity index (χ0) is 22.4. The molecule has 2 aromatic rings. The van der Waals surface area contributed by atoms with Crippen molar-refractivity contribution in [3.05, 3.63) is 24.7 Å². The van der Waals surface area contributed by atoms with Gasteiger partial charge in [0.05, 0.1) is 29.2 Å². The van der Waals surface area contributed by atoms with E-state index < -0.39 is 20.8 Å². The Kier molecular flexibility index (Phi) is 6.23. The molecule has 12 heteroatoms. The lowest BCUT2D eigenvalue weighted by Gasteiger charge is -2.24. The molecule has 1 saturated carbocycles. The normalized spacial score (nSPS) is 21.2. The Morgan fingerprint density at radius 2 is 2.09 bits per heavy atom. The van der Waals surface area contributed by atoms with E-state index in [0.717, 1.165) is 12.8 Å². The summed E-state index contributed by atoms with van der Waals surface area (Å²) in [6.45, 7) is 4.04. The van der Waals surface area contributed by atoms with E-state index in [1.54, 1.807) is 48.1 Å². The molecule has 2 aliphatic rings. The van der Waals surface area contributed by atoms with Crippen LogP contribution < -0.4 is 10.2 Å². The van der Waals surface area contributed by atoms with Crippen molar-refractivity contribution < 1.29 is 13.2 Å². The first-order valence-corrected chi connectivity index (χ1v) is 12.2. The summed E-state index contributed by atoms with van der Waals surface area (Å²) in [4.78, 5) is 23.2. The van der Waals surface area contributed by atoms with Crippen LogP contribution in [0.2, 0.25) is 0 Å². The van der Waals surface area contributed by atoms with E-state index in [9.17, 15) is 18.5 Å². The van der Waals surface area contributed by atoms with Crippen LogP contribution >= 0.6 is 12.4 Å². The number of sulfone groups is 1. The zero-order valence-corrected chi connectivity index (χ0v) is 19.8. The topological polar surface area (TPSA) is 134 Å². The van der Waals surface area contributed by atoms with E-state index in [4.69, 9.17) is 0 Å². The molecule has 1 N–H and O–H groups in total. The van der Waals surface area contributed by atoms with Crippen LogP contribution in [-0.2, 0) is 20.2 Å². The highest BCUT2D eigenvalue weighted by Crippen LogP contribution is 2.51. The van der Waals surface area contributed by atoms with Gasteiger partial charge in [0.15, 0.2) is 0 Å². The molecule has 0 aromatic carbocycles. The maximum absolute atomic E-state index is 13.0. The Balaban J connectivity index is 0.00000289. The lowest BCUT2D eigenvalue weighted by atomic mass is 9.83. The minimum absolute atomic E-state index is 0. The molecule has 1 atom stereocenters. The monoisotopic (exact) mass is 479 g/mol. The van der Waals surface area contributed by atoms with Crippen molar-refractivity contribution in [2.75, 3.05) is 28.8 Å². The number of nitriles is 1. The summed E-state index contributed by atoms with van der Waals surface area (Å²) in [6.07, 6.45) is 8.36. The highest BCUT2D eigenvalue weighted by Gasteiger charge is 2.57. The molecule has 2 aromatic heterocycles. The van der Waals surface area contributed by atoms with Gasteiger partial charge < -0.3 is 5.32 Å². The zero-order valence-electron chi connectivity index (χ0n) is 18.1. The molecule has 0 radical (unpaired) electrons.